The maximum atomic E-state index is 13.8. The maximum Gasteiger partial charge on any atom is 0.132 e. The number of hydrogen-bond donors (Lipinski definition) is 1. The zero-order valence-electron chi connectivity index (χ0n) is 11.4. The topological polar surface area (TPSA) is 36.4 Å². The Morgan fingerprint density at radius 1 is 1.35 bits per heavy atom. The molecule has 1 saturated heterocycles. The van der Waals surface area contributed by atoms with Gasteiger partial charge in [0.25, 0.3) is 0 Å². The van der Waals surface area contributed by atoms with Gasteiger partial charge in [0, 0.05) is 31.3 Å². The second-order valence-electron chi connectivity index (χ2n) is 5.51. The van der Waals surface area contributed by atoms with E-state index in [0.717, 1.165) is 43.6 Å². The molecular weight excluding hydrogens is 255 g/mol. The van der Waals surface area contributed by atoms with E-state index in [4.69, 9.17) is 5.11 Å². The van der Waals surface area contributed by atoms with Gasteiger partial charge in [-0.05, 0) is 49.1 Å². The molecule has 1 aromatic carbocycles. The van der Waals surface area contributed by atoms with Crippen molar-refractivity contribution in [3.8, 4) is 0 Å². The monoisotopic (exact) mass is 274 g/mol. The van der Waals surface area contributed by atoms with Gasteiger partial charge in [-0.25, -0.2) is 4.39 Å². The average molecular weight is 274 g/mol. The van der Waals surface area contributed by atoms with Gasteiger partial charge in [-0.15, -0.1) is 0 Å². The first-order valence-electron chi connectivity index (χ1n) is 7.13. The van der Waals surface area contributed by atoms with Crippen LogP contribution in [0.25, 0.3) is 10.9 Å². The van der Waals surface area contributed by atoms with E-state index in [9.17, 15) is 4.39 Å². The molecule has 2 aromatic rings. The van der Waals surface area contributed by atoms with Crippen LogP contribution < -0.4 is 0 Å². The summed E-state index contributed by atoms with van der Waals surface area (Å²) in [7, 11) is 0. The summed E-state index contributed by atoms with van der Waals surface area (Å²) in [6, 6.07) is 6.91. The minimum atomic E-state index is -0.212. The van der Waals surface area contributed by atoms with Crippen LogP contribution in [0.3, 0.4) is 0 Å². The molecule has 1 fully saturated rings. The first-order chi connectivity index (χ1) is 9.78. The quantitative estimate of drug-likeness (QED) is 0.931. The molecule has 0 spiro atoms. The van der Waals surface area contributed by atoms with Crippen molar-refractivity contribution in [1.82, 2.24) is 9.88 Å². The average Bonchev–Trinajstić information content (AvgIpc) is 2.90. The second-order valence-corrected chi connectivity index (χ2v) is 5.51. The van der Waals surface area contributed by atoms with Crippen LogP contribution in [0.2, 0.25) is 0 Å². The summed E-state index contributed by atoms with van der Waals surface area (Å²) in [5.41, 5.74) is 1.84. The summed E-state index contributed by atoms with van der Waals surface area (Å²) >= 11 is 0. The van der Waals surface area contributed by atoms with Gasteiger partial charge in [0.05, 0.1) is 5.52 Å². The van der Waals surface area contributed by atoms with Crippen molar-refractivity contribution in [2.24, 2.45) is 5.92 Å². The van der Waals surface area contributed by atoms with Crippen LogP contribution in [0, 0.1) is 11.7 Å². The molecular formula is C16H19FN2O. The van der Waals surface area contributed by atoms with Gasteiger partial charge in [0.2, 0.25) is 0 Å². The molecule has 20 heavy (non-hydrogen) atoms. The third-order valence-electron chi connectivity index (χ3n) is 4.10. The summed E-state index contributed by atoms with van der Waals surface area (Å²) in [6.45, 7) is 3.11. The highest BCUT2D eigenvalue weighted by Gasteiger charge is 2.22. The van der Waals surface area contributed by atoms with E-state index < -0.39 is 0 Å². The second kappa shape index (κ2) is 5.85. The van der Waals surface area contributed by atoms with Crippen molar-refractivity contribution in [3.63, 3.8) is 0 Å². The van der Waals surface area contributed by atoms with Crippen LogP contribution in [-0.2, 0) is 6.54 Å². The first-order valence-corrected chi connectivity index (χ1v) is 7.13. The molecule has 1 N–H and O–H groups in total. The minimum Gasteiger partial charge on any atom is -0.396 e. The van der Waals surface area contributed by atoms with Crippen LogP contribution in [0.5, 0.6) is 0 Å². The molecule has 0 amide bonds. The number of halogens is 1. The number of nitrogens with zero attached hydrogens (tertiary/aromatic N) is 2. The molecule has 1 atom stereocenters. The predicted molar refractivity (Wildman–Crippen MR) is 76.8 cm³/mol. The SMILES string of the molecule is OCCC1CCN(Cc2ccc(F)c3cccnc23)C1. The maximum absolute atomic E-state index is 13.8. The lowest BCUT2D eigenvalue weighted by molar-refractivity contribution is 0.249. The predicted octanol–water partition coefficient (Wildman–Crippen LogP) is 2.58. The van der Waals surface area contributed by atoms with Crippen molar-refractivity contribution in [3.05, 3.63) is 41.8 Å². The molecule has 0 radical (unpaired) electrons. The normalized spacial score (nSPS) is 19.8. The molecule has 4 heteroatoms. The van der Waals surface area contributed by atoms with Crippen molar-refractivity contribution in [1.29, 1.82) is 0 Å². The molecule has 106 valence electrons. The molecule has 2 heterocycles. The van der Waals surface area contributed by atoms with E-state index in [0.29, 0.717) is 11.3 Å². The fourth-order valence-corrected chi connectivity index (χ4v) is 3.04. The van der Waals surface area contributed by atoms with Crippen LogP contribution in [0.4, 0.5) is 4.39 Å². The number of benzene rings is 1. The van der Waals surface area contributed by atoms with E-state index in [1.54, 1.807) is 18.3 Å². The molecule has 0 saturated carbocycles. The number of hydrogen-bond acceptors (Lipinski definition) is 3. The zero-order chi connectivity index (χ0) is 13.9. The number of aromatic nitrogens is 1. The van der Waals surface area contributed by atoms with Gasteiger partial charge in [-0.3, -0.25) is 9.88 Å². The van der Waals surface area contributed by atoms with E-state index in [2.05, 4.69) is 9.88 Å². The lowest BCUT2D eigenvalue weighted by Gasteiger charge is -2.17. The standard InChI is InChI=1S/C16H19FN2O/c17-15-4-3-13(16-14(15)2-1-7-18-16)11-19-8-5-12(10-19)6-9-20/h1-4,7,12,20H,5-6,8-11H2. The Morgan fingerprint density at radius 2 is 2.25 bits per heavy atom. The minimum absolute atomic E-state index is 0.212. The summed E-state index contributed by atoms with van der Waals surface area (Å²) < 4.78 is 13.8. The molecule has 1 aromatic heterocycles. The fourth-order valence-electron chi connectivity index (χ4n) is 3.04. The van der Waals surface area contributed by atoms with Crippen molar-refractivity contribution in [2.45, 2.75) is 19.4 Å². The number of aliphatic hydroxyl groups excluding tert-OH is 1. The van der Waals surface area contributed by atoms with Gasteiger partial charge in [0.15, 0.2) is 0 Å². The highest BCUT2D eigenvalue weighted by atomic mass is 19.1. The Labute approximate surface area is 118 Å². The van der Waals surface area contributed by atoms with Gasteiger partial charge in [0.1, 0.15) is 5.82 Å². The number of pyridine rings is 1. The Balaban J connectivity index is 1.80. The zero-order valence-corrected chi connectivity index (χ0v) is 11.4. The summed E-state index contributed by atoms with van der Waals surface area (Å²) in [4.78, 5) is 6.70. The van der Waals surface area contributed by atoms with Gasteiger partial charge in [-0.1, -0.05) is 6.07 Å². The van der Waals surface area contributed by atoms with Crippen LogP contribution in [-0.4, -0.2) is 34.7 Å². The lowest BCUT2D eigenvalue weighted by atomic mass is 10.1. The Bertz CT molecular complexity index is 602. The van der Waals surface area contributed by atoms with Crippen molar-refractivity contribution in [2.75, 3.05) is 19.7 Å². The number of aliphatic hydroxyl groups is 1. The number of likely N-dealkylation sites (tertiary alicyclic amines) is 1. The molecule has 0 aliphatic carbocycles. The first kappa shape index (κ1) is 13.5. The molecule has 0 bridgehead atoms. The summed E-state index contributed by atoms with van der Waals surface area (Å²) in [5.74, 6) is 0.371. The highest BCUT2D eigenvalue weighted by molar-refractivity contribution is 5.82. The third-order valence-corrected chi connectivity index (χ3v) is 4.10. The third kappa shape index (κ3) is 2.67. The molecule has 1 unspecified atom stereocenters. The van der Waals surface area contributed by atoms with Crippen molar-refractivity contribution >= 4 is 10.9 Å². The molecule has 3 nitrogen and oxygen atoms in total. The van der Waals surface area contributed by atoms with Gasteiger partial charge < -0.3 is 5.11 Å². The molecule has 3 rings (SSSR count). The fraction of sp³-hybridized carbons (Fsp3) is 0.438. The van der Waals surface area contributed by atoms with Crippen LogP contribution in [0.15, 0.2) is 30.5 Å². The molecule has 1 aliphatic rings. The highest BCUT2D eigenvalue weighted by Crippen LogP contribution is 2.25. The molecule has 1 aliphatic heterocycles. The Hall–Kier alpha value is -1.52. The van der Waals surface area contributed by atoms with E-state index >= 15 is 0 Å². The summed E-state index contributed by atoms with van der Waals surface area (Å²) in [6.07, 6.45) is 3.72. The number of fused-ring (bicyclic) bond motifs is 1. The van der Waals surface area contributed by atoms with Gasteiger partial charge >= 0.3 is 0 Å². The summed E-state index contributed by atoms with van der Waals surface area (Å²) in [5, 5.41) is 9.60. The van der Waals surface area contributed by atoms with Crippen molar-refractivity contribution < 1.29 is 9.50 Å². The Morgan fingerprint density at radius 3 is 3.10 bits per heavy atom. The lowest BCUT2D eigenvalue weighted by Crippen LogP contribution is -2.20. The van der Waals surface area contributed by atoms with E-state index in [-0.39, 0.29) is 12.4 Å². The van der Waals surface area contributed by atoms with Gasteiger partial charge in [-0.2, -0.15) is 0 Å². The Kier molecular flexibility index (Phi) is 3.94. The smallest absolute Gasteiger partial charge is 0.132 e. The van der Waals surface area contributed by atoms with E-state index in [1.165, 1.54) is 6.07 Å². The largest absolute Gasteiger partial charge is 0.396 e. The van der Waals surface area contributed by atoms with E-state index in [1.807, 2.05) is 6.07 Å². The van der Waals surface area contributed by atoms with Crippen LogP contribution in [0.1, 0.15) is 18.4 Å². The van der Waals surface area contributed by atoms with Crippen LogP contribution >= 0.6 is 0 Å². The number of rotatable bonds is 4.